The zero-order chi connectivity index (χ0) is 21.0. The fourth-order valence-electron chi connectivity index (χ4n) is 3.45. The Bertz CT molecular complexity index is 527. The van der Waals surface area contributed by atoms with E-state index in [9.17, 15) is 14.7 Å². The second-order valence-electron chi connectivity index (χ2n) is 9.76. The van der Waals surface area contributed by atoms with E-state index in [4.69, 9.17) is 9.26 Å². The predicted octanol–water partition coefficient (Wildman–Crippen LogP) is 3.44. The molecule has 1 saturated heterocycles. The average Bonchev–Trinajstić information content (AvgIpc) is 2.91. The largest absolute Gasteiger partial charge is 0.469 e. The van der Waals surface area contributed by atoms with Gasteiger partial charge in [0.2, 0.25) is 0 Å². The molecule has 1 aliphatic heterocycles. The van der Waals surface area contributed by atoms with Crippen LogP contribution in [0.15, 0.2) is 0 Å². The first-order valence-electron chi connectivity index (χ1n) is 9.61. The first-order valence-corrected chi connectivity index (χ1v) is 12.2. The zero-order valence-electron chi connectivity index (χ0n) is 18.1. The van der Waals surface area contributed by atoms with Crippen molar-refractivity contribution < 1.29 is 28.7 Å². The number of aliphatic hydroxyl groups excluding tert-OH is 1. The van der Waals surface area contributed by atoms with Gasteiger partial charge in [0.05, 0.1) is 25.7 Å². The second-order valence-corrected chi connectivity index (χ2v) is 13.2. The molecule has 3 unspecified atom stereocenters. The summed E-state index contributed by atoms with van der Waals surface area (Å²) in [5.41, 5.74) is -1.00. The third kappa shape index (κ3) is 7.89. The highest BCUT2D eigenvalue weighted by Crippen LogP contribution is 2.34. The Labute approximate surface area is 164 Å². The van der Waals surface area contributed by atoms with Crippen LogP contribution in [0.2, 0.25) is 12.6 Å². The van der Waals surface area contributed by atoms with Crippen molar-refractivity contribution in [3.8, 4) is 0 Å². The molecule has 1 aliphatic rings. The minimum atomic E-state index is -2.96. The lowest BCUT2D eigenvalue weighted by Crippen LogP contribution is -2.55. The number of hydrogen-bond acceptors (Lipinski definition) is 7. The topological polar surface area (TPSA) is 85.3 Å². The number of hydroxylamine groups is 2. The van der Waals surface area contributed by atoms with E-state index in [1.807, 2.05) is 27.3 Å². The maximum absolute atomic E-state index is 13.0. The maximum atomic E-state index is 13.0. The number of carbonyl (C=O) groups is 2. The summed E-state index contributed by atoms with van der Waals surface area (Å²) in [4.78, 5) is 24.5. The van der Waals surface area contributed by atoms with E-state index in [0.717, 1.165) is 6.42 Å². The lowest BCUT2D eigenvalue weighted by atomic mass is 10.0. The molecule has 0 radical (unpaired) electrons. The molecule has 0 saturated carbocycles. The highest BCUT2D eigenvalue weighted by atomic mass is 28.4. The van der Waals surface area contributed by atoms with E-state index in [1.54, 1.807) is 5.06 Å². The summed E-state index contributed by atoms with van der Waals surface area (Å²) in [5, 5.41) is 12.2. The molecule has 0 aromatic heterocycles. The van der Waals surface area contributed by atoms with E-state index >= 15 is 0 Å². The summed E-state index contributed by atoms with van der Waals surface area (Å²) in [6, 6.07) is 0.254. The smallest absolute Gasteiger partial charge is 0.340 e. The summed E-state index contributed by atoms with van der Waals surface area (Å²) >= 11 is 0. The fraction of sp³-hybridized carbons (Fsp3) is 0.895. The Morgan fingerprint density at radius 3 is 2.30 bits per heavy atom. The number of carbonyl (C=O) groups excluding carboxylic acids is 2. The van der Waals surface area contributed by atoms with Gasteiger partial charge in [-0.2, -0.15) is 5.06 Å². The summed E-state index contributed by atoms with van der Waals surface area (Å²) in [5.74, 6) is -0.462. The van der Waals surface area contributed by atoms with Crippen molar-refractivity contribution in [2.75, 3.05) is 13.7 Å². The lowest BCUT2D eigenvalue weighted by Gasteiger charge is -2.38. The molecule has 3 atom stereocenters. The quantitative estimate of drug-likeness (QED) is 0.515. The van der Waals surface area contributed by atoms with Crippen LogP contribution >= 0.6 is 0 Å². The third-order valence-corrected chi connectivity index (χ3v) is 7.65. The monoisotopic (exact) mass is 403 g/mol. The summed E-state index contributed by atoms with van der Waals surface area (Å²) < 4.78 is 16.6. The molecular formula is C19H37NO6Si. The van der Waals surface area contributed by atoms with Crippen LogP contribution in [0.5, 0.6) is 0 Å². The molecule has 1 N–H and O–H groups in total. The minimum Gasteiger partial charge on any atom is -0.469 e. The molecule has 7 nitrogen and oxygen atoms in total. The first-order chi connectivity index (χ1) is 12.2. The maximum Gasteiger partial charge on any atom is 0.340 e. The Balaban J connectivity index is 2.99. The Kier molecular flexibility index (Phi) is 8.05. The lowest BCUT2D eigenvalue weighted by molar-refractivity contribution is -0.148. The fourth-order valence-corrected chi connectivity index (χ4v) is 7.03. The van der Waals surface area contributed by atoms with Crippen LogP contribution in [0.1, 0.15) is 60.8 Å². The van der Waals surface area contributed by atoms with Gasteiger partial charge in [0, 0.05) is 6.54 Å². The molecule has 8 heteroatoms. The van der Waals surface area contributed by atoms with Crippen LogP contribution in [-0.2, 0) is 18.8 Å². The van der Waals surface area contributed by atoms with Gasteiger partial charge < -0.3 is 19.1 Å². The number of nitrogens with zero attached hydrogens (tertiary/aromatic N) is 1. The van der Waals surface area contributed by atoms with Crippen molar-refractivity contribution in [2.45, 2.75) is 91.1 Å². The van der Waals surface area contributed by atoms with E-state index < -0.39 is 26.0 Å². The molecule has 0 spiro atoms. The van der Waals surface area contributed by atoms with Crippen LogP contribution < -0.4 is 0 Å². The molecular weight excluding hydrogens is 366 g/mol. The predicted molar refractivity (Wildman–Crippen MR) is 106 cm³/mol. The Morgan fingerprint density at radius 1 is 1.22 bits per heavy atom. The van der Waals surface area contributed by atoms with Crippen LogP contribution in [-0.4, -0.2) is 61.5 Å². The van der Waals surface area contributed by atoms with Gasteiger partial charge in [-0.15, -0.1) is 0 Å². The molecule has 0 amide bonds. The van der Waals surface area contributed by atoms with Crippen molar-refractivity contribution in [1.82, 2.24) is 5.06 Å². The number of methoxy groups -OCH3 is 1. The third-order valence-electron chi connectivity index (χ3n) is 4.31. The number of ether oxygens (including phenoxy) is 2. The molecule has 158 valence electrons. The zero-order valence-corrected chi connectivity index (χ0v) is 19.1. The molecule has 0 aliphatic carbocycles. The van der Waals surface area contributed by atoms with Crippen molar-refractivity contribution in [1.29, 1.82) is 0 Å². The standard InChI is InChI=1S/C19H37NO6Si/c1-18(2,3)13-27(8,17(23)25-19(4,5)6)26-20-11-9-10-14(20)15(21)12-16(22)24-7/h14-15,21H,9-13H2,1-8H3. The molecule has 0 aromatic rings. The molecule has 0 bridgehead atoms. The van der Waals surface area contributed by atoms with Crippen LogP contribution in [0.3, 0.4) is 0 Å². The summed E-state index contributed by atoms with van der Waals surface area (Å²) in [6.07, 6.45) is 0.542. The van der Waals surface area contributed by atoms with Gasteiger partial charge in [-0.3, -0.25) is 9.59 Å². The molecule has 1 fully saturated rings. The number of esters is 1. The molecule has 0 aromatic carbocycles. The Morgan fingerprint density at radius 2 is 1.81 bits per heavy atom. The van der Waals surface area contributed by atoms with E-state index in [0.29, 0.717) is 19.0 Å². The van der Waals surface area contributed by atoms with Gasteiger partial charge in [0.15, 0.2) is 0 Å². The molecule has 1 rings (SSSR count). The molecule has 27 heavy (non-hydrogen) atoms. The van der Waals surface area contributed by atoms with Gasteiger partial charge in [-0.05, 0) is 51.6 Å². The molecule has 1 heterocycles. The SMILES string of the molecule is COC(=O)CC(O)C1CCCN1O[Si](C)(CC(C)(C)C)C(=O)OC(C)(C)C. The van der Waals surface area contributed by atoms with E-state index in [2.05, 4.69) is 25.5 Å². The van der Waals surface area contributed by atoms with Gasteiger partial charge >= 0.3 is 19.9 Å². The number of aliphatic hydroxyl groups is 1. The van der Waals surface area contributed by atoms with Crippen molar-refractivity contribution in [2.24, 2.45) is 5.41 Å². The highest BCUT2D eigenvalue weighted by molar-refractivity contribution is 6.99. The normalized spacial score (nSPS) is 22.2. The number of rotatable bonds is 7. The van der Waals surface area contributed by atoms with Gasteiger partial charge in [0.1, 0.15) is 5.60 Å². The van der Waals surface area contributed by atoms with Gasteiger partial charge in [-0.1, -0.05) is 20.8 Å². The minimum absolute atomic E-state index is 0.0923. The van der Waals surface area contributed by atoms with Crippen LogP contribution in [0.4, 0.5) is 4.79 Å². The number of hydrogen-bond donors (Lipinski definition) is 1. The van der Waals surface area contributed by atoms with Crippen molar-refractivity contribution >= 4 is 19.9 Å². The van der Waals surface area contributed by atoms with E-state index in [-0.39, 0.29) is 23.5 Å². The highest BCUT2D eigenvalue weighted by Gasteiger charge is 2.49. The summed E-state index contributed by atoms with van der Waals surface area (Å²) in [7, 11) is -1.66. The van der Waals surface area contributed by atoms with Crippen LogP contribution in [0, 0.1) is 5.41 Å². The van der Waals surface area contributed by atoms with E-state index in [1.165, 1.54) is 7.11 Å². The summed E-state index contributed by atoms with van der Waals surface area (Å²) in [6.45, 7) is 14.2. The van der Waals surface area contributed by atoms with Gasteiger partial charge in [0.25, 0.3) is 0 Å². The van der Waals surface area contributed by atoms with Crippen molar-refractivity contribution in [3.63, 3.8) is 0 Å². The second kappa shape index (κ2) is 9.02. The van der Waals surface area contributed by atoms with Crippen molar-refractivity contribution in [3.05, 3.63) is 0 Å². The van der Waals surface area contributed by atoms with Gasteiger partial charge in [-0.25, -0.2) is 0 Å². The van der Waals surface area contributed by atoms with Crippen LogP contribution in [0.25, 0.3) is 0 Å². The average molecular weight is 404 g/mol. The first kappa shape index (κ1) is 24.1. The Hall–Kier alpha value is -0.963.